The number of aromatic nitrogens is 1. The number of aliphatic hydroxyl groups excluding tert-OH is 2. The number of aliphatic hydroxyl groups is 2. The Morgan fingerprint density at radius 1 is 1.31 bits per heavy atom. The van der Waals surface area contributed by atoms with Crippen LogP contribution in [0.2, 0.25) is 0 Å². The van der Waals surface area contributed by atoms with E-state index in [-0.39, 0.29) is 28.2 Å². The van der Waals surface area contributed by atoms with Crippen molar-refractivity contribution >= 4 is 67.3 Å². The van der Waals surface area contributed by atoms with E-state index in [0.717, 1.165) is 16.2 Å². The molecule has 1 aliphatic rings. The highest BCUT2D eigenvalue weighted by Gasteiger charge is 2.54. The average Bonchev–Trinajstić information content (AvgIpc) is 3.21. The highest BCUT2D eigenvalue weighted by molar-refractivity contribution is 8.13. The maximum absolute atomic E-state index is 12.8. The van der Waals surface area contributed by atoms with Crippen molar-refractivity contribution in [2.45, 2.75) is 12.1 Å². The van der Waals surface area contributed by atoms with Crippen molar-refractivity contribution in [1.29, 1.82) is 0 Å². The molecule has 2 rings (SSSR count). The Hall–Kier alpha value is -3.04. The lowest BCUT2D eigenvalue weighted by Gasteiger charge is -2.44. The lowest BCUT2D eigenvalue weighted by Crippen LogP contribution is -2.73. The monoisotopic (exact) mass is 570 g/mol. The fourth-order valence-corrected chi connectivity index (χ4v) is 5.41. The molecule has 17 nitrogen and oxygen atoms in total. The van der Waals surface area contributed by atoms with Gasteiger partial charge in [-0.2, -0.15) is 8.42 Å². The standard InChI is InChI=1S/C16H22N6O11S3/c17-15-18-8(6-34-15)11(20-33-5-10(25)26)13(27)19-12-9(22(14(12)28)36(30,31)32)7-35-16(29)21(1-3-23)2-4-24/h6,9,12,23-24H,1-5,7H2,(H2,17,18)(H,19,27)(H,25,26)(H,30,31,32)/b20-11+/t9-,12+/m1/s1. The first kappa shape index (κ1) is 29.2. The summed E-state index contributed by atoms with van der Waals surface area (Å²) in [6, 6.07) is -2.94. The van der Waals surface area contributed by atoms with Gasteiger partial charge in [0.2, 0.25) is 6.61 Å². The molecule has 1 aromatic heterocycles. The SMILES string of the molecule is Nc1nc(/C(=N\OCC(=O)O)C(=O)N[C@@H]2C(=O)N(S(=O)(=O)O)[C@@H]2CSC(=O)N(CCO)CCO)cs1. The summed E-state index contributed by atoms with van der Waals surface area (Å²) in [6.07, 6.45) is 0. The zero-order chi connectivity index (χ0) is 27.0. The summed E-state index contributed by atoms with van der Waals surface area (Å²) in [6.45, 7) is -1.96. The number of hydrogen-bond donors (Lipinski definition) is 6. The van der Waals surface area contributed by atoms with Crippen LogP contribution in [-0.2, 0) is 29.5 Å². The first-order chi connectivity index (χ1) is 16.9. The Morgan fingerprint density at radius 2 is 1.94 bits per heavy atom. The minimum Gasteiger partial charge on any atom is -0.479 e. The Labute approximate surface area is 211 Å². The third kappa shape index (κ3) is 7.48. The highest BCUT2D eigenvalue weighted by atomic mass is 32.2. The largest absolute Gasteiger partial charge is 0.479 e. The van der Waals surface area contributed by atoms with Gasteiger partial charge in [0.15, 0.2) is 10.8 Å². The molecule has 0 saturated carbocycles. The molecule has 0 spiro atoms. The molecular formula is C16H22N6O11S3. The van der Waals surface area contributed by atoms with Gasteiger partial charge in [0.05, 0.1) is 19.3 Å². The van der Waals surface area contributed by atoms with Crippen LogP contribution >= 0.6 is 23.1 Å². The molecule has 1 fully saturated rings. The van der Waals surface area contributed by atoms with Gasteiger partial charge < -0.3 is 36.1 Å². The van der Waals surface area contributed by atoms with E-state index in [0.29, 0.717) is 11.8 Å². The molecule has 7 N–H and O–H groups in total. The summed E-state index contributed by atoms with van der Waals surface area (Å²) in [7, 11) is -5.05. The van der Waals surface area contributed by atoms with Crippen molar-refractivity contribution in [3.8, 4) is 0 Å². The number of thioether (sulfide) groups is 1. The molecule has 0 bridgehead atoms. The van der Waals surface area contributed by atoms with E-state index in [1.165, 1.54) is 5.38 Å². The normalized spacial score (nSPS) is 17.9. The van der Waals surface area contributed by atoms with E-state index < -0.39 is 76.7 Å². The van der Waals surface area contributed by atoms with Crippen LogP contribution in [0.4, 0.5) is 9.93 Å². The minimum atomic E-state index is -5.05. The lowest BCUT2D eigenvalue weighted by atomic mass is 10.0. The number of oxime groups is 1. The zero-order valence-corrected chi connectivity index (χ0v) is 20.7. The minimum absolute atomic E-state index is 0.0316. The maximum atomic E-state index is 12.8. The Morgan fingerprint density at radius 3 is 2.44 bits per heavy atom. The van der Waals surface area contributed by atoms with Crippen LogP contribution in [0, 0.1) is 0 Å². The molecule has 2 heterocycles. The maximum Gasteiger partial charge on any atom is 0.362 e. The van der Waals surface area contributed by atoms with Crippen molar-refractivity contribution in [2.24, 2.45) is 5.16 Å². The second-order valence-electron chi connectivity index (χ2n) is 6.82. The van der Waals surface area contributed by atoms with E-state index in [4.69, 9.17) is 21.1 Å². The first-order valence-electron chi connectivity index (χ1n) is 9.78. The lowest BCUT2D eigenvalue weighted by molar-refractivity contribution is -0.143. The van der Waals surface area contributed by atoms with Crippen LogP contribution in [-0.4, -0.2) is 122 Å². The zero-order valence-electron chi connectivity index (χ0n) is 18.2. The molecule has 0 radical (unpaired) electrons. The predicted octanol–water partition coefficient (Wildman–Crippen LogP) is -2.83. The van der Waals surface area contributed by atoms with Crippen LogP contribution in [0.5, 0.6) is 0 Å². The summed E-state index contributed by atoms with van der Waals surface area (Å²) >= 11 is 1.44. The molecule has 36 heavy (non-hydrogen) atoms. The molecule has 1 aromatic rings. The third-order valence-corrected chi connectivity index (χ3v) is 7.04. The molecular weight excluding hydrogens is 548 g/mol. The summed E-state index contributed by atoms with van der Waals surface area (Å²) in [5.41, 5.74) is 4.85. The predicted molar refractivity (Wildman–Crippen MR) is 124 cm³/mol. The molecule has 0 unspecified atom stereocenters. The molecule has 1 saturated heterocycles. The quantitative estimate of drug-likeness (QED) is 0.0604. The number of carboxylic acid groups (broad SMARTS) is 1. The van der Waals surface area contributed by atoms with Gasteiger partial charge in [-0.05, 0) is 0 Å². The van der Waals surface area contributed by atoms with Crippen molar-refractivity contribution in [3.63, 3.8) is 0 Å². The number of carboxylic acids is 1. The molecule has 0 aliphatic carbocycles. The summed E-state index contributed by atoms with van der Waals surface area (Å²) in [4.78, 5) is 57.8. The van der Waals surface area contributed by atoms with Crippen molar-refractivity contribution < 1.29 is 52.3 Å². The van der Waals surface area contributed by atoms with Crippen molar-refractivity contribution in [3.05, 3.63) is 11.1 Å². The highest BCUT2D eigenvalue weighted by Crippen LogP contribution is 2.28. The number of thiazole rings is 1. The van der Waals surface area contributed by atoms with E-state index in [1.54, 1.807) is 0 Å². The van der Waals surface area contributed by atoms with Crippen LogP contribution in [0.3, 0.4) is 0 Å². The second-order valence-corrected chi connectivity index (χ2v) is 9.97. The van der Waals surface area contributed by atoms with E-state index in [2.05, 4.69) is 20.3 Å². The fraction of sp³-hybridized carbons (Fsp3) is 0.500. The number of nitrogens with zero attached hydrogens (tertiary/aromatic N) is 4. The topological polar surface area (TPSA) is 262 Å². The van der Waals surface area contributed by atoms with Gasteiger partial charge in [-0.15, -0.1) is 11.3 Å². The number of carbonyl (C=O) groups is 4. The van der Waals surface area contributed by atoms with Gasteiger partial charge in [-0.1, -0.05) is 16.9 Å². The summed E-state index contributed by atoms with van der Waals surface area (Å²) in [5, 5.41) is 33.1. The number of anilines is 1. The van der Waals surface area contributed by atoms with Gasteiger partial charge in [0.25, 0.3) is 17.1 Å². The third-order valence-electron chi connectivity index (χ3n) is 4.40. The Bertz CT molecular complexity index is 1120. The fourth-order valence-electron chi connectivity index (χ4n) is 2.87. The number of nitrogens with two attached hydrogens (primary N) is 1. The van der Waals surface area contributed by atoms with Gasteiger partial charge >= 0.3 is 16.3 Å². The number of aliphatic carboxylic acids is 1. The Balaban J connectivity index is 2.22. The molecule has 3 amide bonds. The van der Waals surface area contributed by atoms with E-state index in [9.17, 15) is 32.1 Å². The van der Waals surface area contributed by atoms with Crippen LogP contribution in [0.25, 0.3) is 0 Å². The van der Waals surface area contributed by atoms with Gasteiger partial charge in [0.1, 0.15) is 11.7 Å². The van der Waals surface area contributed by atoms with E-state index >= 15 is 0 Å². The van der Waals surface area contributed by atoms with Gasteiger partial charge in [0, 0.05) is 24.2 Å². The molecule has 200 valence electrons. The van der Waals surface area contributed by atoms with Gasteiger partial charge in [-0.25, -0.2) is 14.1 Å². The molecule has 2 atom stereocenters. The van der Waals surface area contributed by atoms with Crippen LogP contribution in [0.15, 0.2) is 10.5 Å². The number of carbonyl (C=O) groups excluding carboxylic acids is 3. The smallest absolute Gasteiger partial charge is 0.362 e. The molecule has 0 aromatic carbocycles. The average molecular weight is 571 g/mol. The molecule has 1 aliphatic heterocycles. The summed E-state index contributed by atoms with van der Waals surface area (Å²) in [5.74, 6) is -4.13. The number of nitrogen functional groups attached to an aromatic ring is 1. The first-order valence-corrected chi connectivity index (χ1v) is 13.0. The number of hydrogen-bond acceptors (Lipinski definition) is 14. The number of nitrogens with one attached hydrogen (secondary N) is 1. The van der Waals surface area contributed by atoms with E-state index in [1.807, 2.05) is 0 Å². The van der Waals surface area contributed by atoms with Crippen LogP contribution in [0.1, 0.15) is 5.69 Å². The second kappa shape index (κ2) is 12.8. The number of amides is 3. The number of rotatable bonds is 13. The Kier molecular flexibility index (Phi) is 10.4. The van der Waals surface area contributed by atoms with Crippen LogP contribution < -0.4 is 11.1 Å². The molecule has 20 heteroatoms. The summed E-state index contributed by atoms with van der Waals surface area (Å²) < 4.78 is 32.8. The van der Waals surface area contributed by atoms with Crippen molar-refractivity contribution in [2.75, 3.05) is 44.4 Å². The van der Waals surface area contributed by atoms with Crippen molar-refractivity contribution in [1.82, 2.24) is 19.5 Å². The van der Waals surface area contributed by atoms with Gasteiger partial charge in [-0.3, -0.25) is 18.9 Å². The number of β-lactam (4-membered cyclic amide) rings is 1.